The highest BCUT2D eigenvalue weighted by Crippen LogP contribution is 2.05. The first-order chi connectivity index (χ1) is 4.52. The normalized spacial score (nSPS) is 13.6. The van der Waals surface area contributed by atoms with E-state index in [0.29, 0.717) is 6.04 Å². The Morgan fingerprint density at radius 2 is 2.00 bits per heavy atom. The van der Waals surface area contributed by atoms with Crippen molar-refractivity contribution >= 4 is 16.9 Å². The van der Waals surface area contributed by atoms with E-state index >= 15 is 0 Å². The molecule has 0 aromatic heterocycles. The van der Waals surface area contributed by atoms with Gasteiger partial charge in [0, 0.05) is 6.04 Å². The van der Waals surface area contributed by atoms with E-state index in [4.69, 9.17) is 11.1 Å². The molecule has 0 saturated heterocycles. The zero-order valence-corrected chi connectivity index (χ0v) is 7.46. The molecule has 0 aromatic carbocycles. The van der Waals surface area contributed by atoms with Crippen LogP contribution >= 0.6 is 11.8 Å². The van der Waals surface area contributed by atoms with Gasteiger partial charge in [-0.15, -0.1) is 0 Å². The minimum atomic E-state index is 0.167. The van der Waals surface area contributed by atoms with Gasteiger partial charge in [0.2, 0.25) is 0 Å². The molecule has 60 valence electrons. The molecule has 0 amide bonds. The molecule has 0 rings (SSSR count). The summed E-state index contributed by atoms with van der Waals surface area (Å²) >= 11 is 1.33. The van der Waals surface area contributed by atoms with Crippen LogP contribution < -0.4 is 11.1 Å². The lowest BCUT2D eigenvalue weighted by Crippen LogP contribution is -2.31. The van der Waals surface area contributed by atoms with Gasteiger partial charge in [0.15, 0.2) is 5.17 Å². The van der Waals surface area contributed by atoms with Gasteiger partial charge in [0.05, 0.1) is 5.37 Å². The first-order valence-corrected chi connectivity index (χ1v) is 4.17. The summed E-state index contributed by atoms with van der Waals surface area (Å²) in [5.41, 5.74) is 5.18. The van der Waals surface area contributed by atoms with Gasteiger partial charge < -0.3 is 11.1 Å². The Hall–Kier alpha value is -0.220. The lowest BCUT2D eigenvalue weighted by Gasteiger charge is -2.14. The van der Waals surface area contributed by atoms with Crippen molar-refractivity contribution in [1.82, 2.24) is 5.32 Å². The number of amidine groups is 1. The van der Waals surface area contributed by atoms with Crippen molar-refractivity contribution in [3.63, 3.8) is 0 Å². The Bertz CT molecular complexity index is 114. The van der Waals surface area contributed by atoms with Crippen LogP contribution in [0.25, 0.3) is 0 Å². The second kappa shape index (κ2) is 4.57. The van der Waals surface area contributed by atoms with E-state index in [1.54, 1.807) is 0 Å². The van der Waals surface area contributed by atoms with E-state index in [0.717, 1.165) is 0 Å². The summed E-state index contributed by atoms with van der Waals surface area (Å²) in [7, 11) is 0. The smallest absolute Gasteiger partial charge is 0.152 e. The second-order valence-electron chi connectivity index (χ2n) is 2.45. The van der Waals surface area contributed by atoms with Crippen LogP contribution in [0.3, 0.4) is 0 Å². The molecule has 0 radical (unpaired) electrons. The van der Waals surface area contributed by atoms with Gasteiger partial charge >= 0.3 is 0 Å². The van der Waals surface area contributed by atoms with Crippen LogP contribution in [0.4, 0.5) is 0 Å². The Balaban J connectivity index is 3.43. The predicted octanol–water partition coefficient (Wildman–Crippen LogP) is 0.957. The van der Waals surface area contributed by atoms with E-state index in [9.17, 15) is 0 Å². The molecule has 0 heterocycles. The molecule has 0 aliphatic rings. The molecule has 0 fully saturated rings. The lowest BCUT2D eigenvalue weighted by molar-refractivity contribution is 0.588. The molecule has 3 nitrogen and oxygen atoms in total. The molecule has 0 aliphatic heterocycles. The molecule has 0 bridgehead atoms. The fourth-order valence-corrected chi connectivity index (χ4v) is 1.41. The molecule has 1 atom stereocenters. The Kier molecular flexibility index (Phi) is 4.47. The molecule has 10 heavy (non-hydrogen) atoms. The van der Waals surface area contributed by atoms with Gasteiger partial charge in [-0.1, -0.05) is 11.8 Å². The molecule has 0 aliphatic carbocycles. The summed E-state index contributed by atoms with van der Waals surface area (Å²) in [6, 6.07) is 0.446. The molecular formula is C6H15N3S. The number of nitrogens with two attached hydrogens (primary N) is 1. The Morgan fingerprint density at radius 3 is 2.30 bits per heavy atom. The van der Waals surface area contributed by atoms with Crippen LogP contribution in [0, 0.1) is 5.41 Å². The third-order valence-corrected chi connectivity index (χ3v) is 1.62. The monoisotopic (exact) mass is 161 g/mol. The van der Waals surface area contributed by atoms with Crippen molar-refractivity contribution in [2.24, 2.45) is 5.73 Å². The number of hydrogen-bond acceptors (Lipinski definition) is 3. The summed E-state index contributed by atoms with van der Waals surface area (Å²) in [6.07, 6.45) is 0. The predicted molar refractivity (Wildman–Crippen MR) is 47.2 cm³/mol. The second-order valence-corrected chi connectivity index (χ2v) is 3.83. The van der Waals surface area contributed by atoms with Gasteiger partial charge in [-0.2, -0.15) is 0 Å². The van der Waals surface area contributed by atoms with Crippen LogP contribution in [-0.4, -0.2) is 16.6 Å². The third-order valence-electron chi connectivity index (χ3n) is 0.872. The Labute approximate surface area is 66.3 Å². The summed E-state index contributed by atoms with van der Waals surface area (Å²) in [5.74, 6) is 0. The van der Waals surface area contributed by atoms with Crippen LogP contribution in [0.15, 0.2) is 0 Å². The van der Waals surface area contributed by atoms with Crippen LogP contribution in [0.2, 0.25) is 0 Å². The van der Waals surface area contributed by atoms with Crippen molar-refractivity contribution in [3.8, 4) is 0 Å². The first-order valence-electron chi connectivity index (χ1n) is 3.29. The van der Waals surface area contributed by atoms with Gasteiger partial charge in [0.25, 0.3) is 0 Å². The van der Waals surface area contributed by atoms with E-state index in [1.165, 1.54) is 11.8 Å². The Morgan fingerprint density at radius 1 is 1.50 bits per heavy atom. The van der Waals surface area contributed by atoms with E-state index in [1.807, 2.05) is 6.92 Å². The molecule has 1 unspecified atom stereocenters. The highest BCUT2D eigenvalue weighted by molar-refractivity contribution is 8.14. The molecule has 0 spiro atoms. The number of nitrogens with one attached hydrogen (secondary N) is 2. The SMILES string of the molecule is CC(C)NC(C)SC(=N)N. The van der Waals surface area contributed by atoms with E-state index in [2.05, 4.69) is 19.2 Å². The van der Waals surface area contributed by atoms with Gasteiger partial charge in [-0.25, -0.2) is 0 Å². The van der Waals surface area contributed by atoms with Crippen molar-refractivity contribution in [2.45, 2.75) is 32.2 Å². The average molecular weight is 161 g/mol. The topological polar surface area (TPSA) is 61.9 Å². The van der Waals surface area contributed by atoms with Crippen LogP contribution in [-0.2, 0) is 0 Å². The highest BCUT2D eigenvalue weighted by Gasteiger charge is 2.03. The summed E-state index contributed by atoms with van der Waals surface area (Å²) < 4.78 is 0. The van der Waals surface area contributed by atoms with Crippen molar-refractivity contribution in [1.29, 1.82) is 5.41 Å². The van der Waals surface area contributed by atoms with Gasteiger partial charge in [-0.05, 0) is 20.8 Å². The quantitative estimate of drug-likeness (QED) is 0.328. The summed E-state index contributed by atoms with van der Waals surface area (Å²) in [6.45, 7) is 6.13. The van der Waals surface area contributed by atoms with Crippen molar-refractivity contribution < 1.29 is 0 Å². The standard InChI is InChI=1S/C6H15N3S/c1-4(2)9-5(3)10-6(7)8/h4-5,9H,1-3H3,(H3,7,8). The fraction of sp³-hybridized carbons (Fsp3) is 0.833. The van der Waals surface area contributed by atoms with Crippen molar-refractivity contribution in [3.05, 3.63) is 0 Å². The minimum absolute atomic E-state index is 0.167. The highest BCUT2D eigenvalue weighted by atomic mass is 32.2. The third kappa shape index (κ3) is 5.91. The fourth-order valence-electron chi connectivity index (χ4n) is 0.694. The zero-order chi connectivity index (χ0) is 8.15. The molecule has 0 saturated carbocycles. The van der Waals surface area contributed by atoms with Crippen LogP contribution in [0.1, 0.15) is 20.8 Å². The van der Waals surface area contributed by atoms with Gasteiger partial charge in [0.1, 0.15) is 0 Å². The van der Waals surface area contributed by atoms with Gasteiger partial charge in [-0.3, -0.25) is 5.41 Å². The largest absolute Gasteiger partial charge is 0.379 e. The number of thioether (sulfide) groups is 1. The molecule has 0 aromatic rings. The molecule has 4 heteroatoms. The first kappa shape index (κ1) is 9.78. The van der Waals surface area contributed by atoms with Crippen LogP contribution in [0.5, 0.6) is 0 Å². The number of hydrogen-bond donors (Lipinski definition) is 3. The number of rotatable bonds is 3. The van der Waals surface area contributed by atoms with E-state index < -0.39 is 0 Å². The average Bonchev–Trinajstić information content (AvgIpc) is 1.58. The maximum atomic E-state index is 6.97. The zero-order valence-electron chi connectivity index (χ0n) is 6.64. The lowest BCUT2D eigenvalue weighted by atomic mass is 10.4. The summed E-state index contributed by atoms with van der Waals surface area (Å²) in [4.78, 5) is 0. The van der Waals surface area contributed by atoms with Crippen molar-refractivity contribution in [2.75, 3.05) is 0 Å². The van der Waals surface area contributed by atoms with E-state index in [-0.39, 0.29) is 10.5 Å². The summed E-state index contributed by atoms with van der Waals surface area (Å²) in [5, 5.41) is 10.6. The maximum absolute atomic E-state index is 6.97. The molecular weight excluding hydrogens is 146 g/mol. The maximum Gasteiger partial charge on any atom is 0.152 e. The minimum Gasteiger partial charge on any atom is -0.379 e. The molecule has 4 N–H and O–H groups in total.